The molecule has 3 N–H and O–H groups in total. The molecular weight excluding hydrogens is 528 g/mol. The molecule has 1 fully saturated rings. The van der Waals surface area contributed by atoms with Crippen LogP contribution in [0.25, 0.3) is 0 Å². The van der Waals surface area contributed by atoms with E-state index in [0.29, 0.717) is 37.2 Å². The van der Waals surface area contributed by atoms with Gasteiger partial charge in [-0.15, -0.1) is 0 Å². The van der Waals surface area contributed by atoms with Gasteiger partial charge in [0.2, 0.25) is 0 Å². The van der Waals surface area contributed by atoms with Gasteiger partial charge >= 0.3 is 0 Å². The standard InChI is InChI=1S/C32H45F2N3O4/c1-6-10-37(11-7-2)32(40)24-13-21(5)12-23(17-24)31(39)36-29(16-22-14-25(33)18-26(34)15-22)30(38)28-19-27(8-9-35-28)41-20(3)4/h12-15,17-18,20,27-30,35,38H,6-11,16,19H2,1-5H3,(H,36,39)/t27-,28+,29-,30+/m0/s1. The number of halogens is 2. The van der Waals surface area contributed by atoms with Crippen LogP contribution in [0.2, 0.25) is 0 Å². The van der Waals surface area contributed by atoms with Gasteiger partial charge in [0.05, 0.1) is 24.4 Å². The zero-order valence-corrected chi connectivity index (χ0v) is 24.9. The van der Waals surface area contributed by atoms with Crippen molar-refractivity contribution in [2.24, 2.45) is 0 Å². The summed E-state index contributed by atoms with van der Waals surface area (Å²) in [6, 6.07) is 6.95. The highest BCUT2D eigenvalue weighted by Crippen LogP contribution is 2.21. The number of carbonyl (C=O) groups is 2. The van der Waals surface area contributed by atoms with E-state index in [1.165, 1.54) is 12.1 Å². The van der Waals surface area contributed by atoms with Gasteiger partial charge in [0.1, 0.15) is 11.6 Å². The fraction of sp³-hybridized carbons (Fsp3) is 0.562. The first-order valence-corrected chi connectivity index (χ1v) is 14.7. The summed E-state index contributed by atoms with van der Waals surface area (Å²) in [4.78, 5) is 28.6. The van der Waals surface area contributed by atoms with Crippen molar-refractivity contribution >= 4 is 11.8 Å². The molecule has 0 saturated carbocycles. The van der Waals surface area contributed by atoms with Gasteiger partial charge in [0, 0.05) is 36.3 Å². The monoisotopic (exact) mass is 573 g/mol. The molecule has 3 rings (SSSR count). The highest BCUT2D eigenvalue weighted by Gasteiger charge is 2.34. The van der Waals surface area contributed by atoms with E-state index in [1.807, 2.05) is 34.6 Å². The number of hydrogen-bond acceptors (Lipinski definition) is 5. The molecule has 41 heavy (non-hydrogen) atoms. The van der Waals surface area contributed by atoms with Crippen LogP contribution < -0.4 is 10.6 Å². The second-order valence-corrected chi connectivity index (χ2v) is 11.3. The quantitative estimate of drug-likeness (QED) is 0.321. The Bertz CT molecular complexity index is 1150. The minimum atomic E-state index is -1.07. The van der Waals surface area contributed by atoms with Crippen molar-refractivity contribution in [1.82, 2.24) is 15.5 Å². The van der Waals surface area contributed by atoms with Crippen LogP contribution in [0.1, 0.15) is 85.2 Å². The maximum atomic E-state index is 14.0. The van der Waals surface area contributed by atoms with Crippen molar-refractivity contribution in [2.75, 3.05) is 19.6 Å². The molecule has 4 atom stereocenters. The number of aryl methyl sites for hydroxylation is 1. The largest absolute Gasteiger partial charge is 0.389 e. The van der Waals surface area contributed by atoms with Crippen LogP contribution in [0.4, 0.5) is 8.78 Å². The van der Waals surface area contributed by atoms with Gasteiger partial charge in [0.25, 0.3) is 11.8 Å². The summed E-state index contributed by atoms with van der Waals surface area (Å²) in [5, 5.41) is 17.7. The lowest BCUT2D eigenvalue weighted by Crippen LogP contribution is -2.57. The normalized spacial score (nSPS) is 18.7. The zero-order chi connectivity index (χ0) is 30.1. The Morgan fingerprint density at radius 1 is 1.05 bits per heavy atom. The lowest BCUT2D eigenvalue weighted by Gasteiger charge is -2.37. The van der Waals surface area contributed by atoms with Gasteiger partial charge in [-0.25, -0.2) is 8.78 Å². The number of benzene rings is 2. The van der Waals surface area contributed by atoms with E-state index in [9.17, 15) is 23.5 Å². The minimum absolute atomic E-state index is 0.00779. The minimum Gasteiger partial charge on any atom is -0.389 e. The molecule has 1 aliphatic rings. The number of aliphatic hydroxyl groups excluding tert-OH is 1. The van der Waals surface area contributed by atoms with Gasteiger partial charge in [-0.2, -0.15) is 0 Å². The number of rotatable bonds is 13. The smallest absolute Gasteiger partial charge is 0.253 e. The molecule has 7 nitrogen and oxygen atoms in total. The summed E-state index contributed by atoms with van der Waals surface area (Å²) >= 11 is 0. The van der Waals surface area contributed by atoms with Crippen LogP contribution in [0.3, 0.4) is 0 Å². The molecule has 0 radical (unpaired) electrons. The van der Waals surface area contributed by atoms with E-state index in [4.69, 9.17) is 4.74 Å². The SMILES string of the molecule is CCCN(CCC)C(=O)c1cc(C)cc(C(=O)N[C@@H](Cc2cc(F)cc(F)c2)[C@H](O)[C@H]2C[C@@H](OC(C)C)CCN2)c1. The number of nitrogens with one attached hydrogen (secondary N) is 2. The van der Waals surface area contributed by atoms with Crippen LogP contribution in [0.5, 0.6) is 0 Å². The van der Waals surface area contributed by atoms with E-state index >= 15 is 0 Å². The molecule has 9 heteroatoms. The van der Waals surface area contributed by atoms with E-state index in [0.717, 1.165) is 30.9 Å². The van der Waals surface area contributed by atoms with Crippen molar-refractivity contribution in [3.05, 3.63) is 70.3 Å². The first-order valence-electron chi connectivity index (χ1n) is 14.7. The Hall–Kier alpha value is -2.88. The number of aliphatic hydroxyl groups is 1. The summed E-state index contributed by atoms with van der Waals surface area (Å²) in [5.41, 5.74) is 1.76. The molecule has 0 bridgehead atoms. The fourth-order valence-corrected chi connectivity index (χ4v) is 5.53. The van der Waals surface area contributed by atoms with Gasteiger partial charge < -0.3 is 25.4 Å². The third-order valence-electron chi connectivity index (χ3n) is 7.23. The first kappa shape index (κ1) is 32.6. The number of amides is 2. The zero-order valence-electron chi connectivity index (χ0n) is 24.9. The Kier molecular flexibility index (Phi) is 12.2. The molecule has 0 aliphatic carbocycles. The predicted octanol–water partition coefficient (Wildman–Crippen LogP) is 4.78. The van der Waals surface area contributed by atoms with Crippen molar-refractivity contribution in [3.8, 4) is 0 Å². The second kappa shape index (κ2) is 15.4. The van der Waals surface area contributed by atoms with Crippen molar-refractivity contribution in [3.63, 3.8) is 0 Å². The Morgan fingerprint density at radius 3 is 2.29 bits per heavy atom. The average molecular weight is 574 g/mol. The summed E-state index contributed by atoms with van der Waals surface area (Å²) in [6.45, 7) is 11.6. The second-order valence-electron chi connectivity index (χ2n) is 11.3. The van der Waals surface area contributed by atoms with E-state index < -0.39 is 35.7 Å². The summed E-state index contributed by atoms with van der Waals surface area (Å²) < 4.78 is 34.0. The van der Waals surface area contributed by atoms with Crippen LogP contribution in [-0.4, -0.2) is 71.9 Å². The maximum Gasteiger partial charge on any atom is 0.253 e. The Balaban J connectivity index is 1.88. The van der Waals surface area contributed by atoms with Crippen LogP contribution in [0, 0.1) is 18.6 Å². The third kappa shape index (κ3) is 9.58. The number of piperidine rings is 1. The molecule has 0 aromatic heterocycles. The summed E-state index contributed by atoms with van der Waals surface area (Å²) in [7, 11) is 0. The lowest BCUT2D eigenvalue weighted by molar-refractivity contribution is -0.0350. The number of hydrogen-bond donors (Lipinski definition) is 3. The van der Waals surface area contributed by atoms with Gasteiger partial charge in [-0.3, -0.25) is 9.59 Å². The van der Waals surface area contributed by atoms with Crippen molar-refractivity contribution < 1.29 is 28.2 Å². The molecule has 0 unspecified atom stereocenters. The molecule has 2 aromatic rings. The molecule has 2 amide bonds. The average Bonchev–Trinajstić information content (AvgIpc) is 2.90. The highest BCUT2D eigenvalue weighted by molar-refractivity contribution is 6.00. The molecule has 1 saturated heterocycles. The van der Waals surface area contributed by atoms with Gasteiger partial charge in [0.15, 0.2) is 0 Å². The molecule has 226 valence electrons. The molecule has 0 spiro atoms. The summed E-state index contributed by atoms with van der Waals surface area (Å²) in [6.07, 6.45) is 1.88. The van der Waals surface area contributed by atoms with E-state index in [2.05, 4.69) is 10.6 Å². The van der Waals surface area contributed by atoms with E-state index in [1.54, 1.807) is 23.1 Å². The van der Waals surface area contributed by atoms with Gasteiger partial charge in [-0.1, -0.05) is 13.8 Å². The van der Waals surface area contributed by atoms with Crippen LogP contribution in [-0.2, 0) is 11.2 Å². The van der Waals surface area contributed by atoms with Gasteiger partial charge in [-0.05, 0) is 101 Å². The summed E-state index contributed by atoms with van der Waals surface area (Å²) in [5.74, 6) is -2.08. The molecule has 1 heterocycles. The maximum absolute atomic E-state index is 14.0. The van der Waals surface area contributed by atoms with Crippen LogP contribution >= 0.6 is 0 Å². The Labute approximate surface area is 242 Å². The number of nitrogens with zero attached hydrogens (tertiary/aromatic N) is 1. The third-order valence-corrected chi connectivity index (χ3v) is 7.23. The molecule has 2 aromatic carbocycles. The Morgan fingerprint density at radius 2 is 1.68 bits per heavy atom. The fourth-order valence-electron chi connectivity index (χ4n) is 5.53. The predicted molar refractivity (Wildman–Crippen MR) is 156 cm³/mol. The van der Waals surface area contributed by atoms with E-state index in [-0.39, 0.29) is 30.1 Å². The first-order chi connectivity index (χ1) is 19.5. The lowest BCUT2D eigenvalue weighted by atomic mass is 9.90. The number of ether oxygens (including phenoxy) is 1. The molecule has 1 aliphatic heterocycles. The highest BCUT2D eigenvalue weighted by atomic mass is 19.1. The molecular formula is C32H45F2N3O4. The topological polar surface area (TPSA) is 90.9 Å². The van der Waals surface area contributed by atoms with Crippen LogP contribution in [0.15, 0.2) is 36.4 Å². The van der Waals surface area contributed by atoms with Crippen molar-refractivity contribution in [2.45, 2.75) is 97.1 Å². The van der Waals surface area contributed by atoms with Crippen molar-refractivity contribution in [1.29, 1.82) is 0 Å². The number of carbonyl (C=O) groups excluding carboxylic acids is 2.